The van der Waals surface area contributed by atoms with E-state index >= 15 is 0 Å². The number of ketones is 1. The molecule has 2 aromatic rings. The van der Waals surface area contributed by atoms with Gasteiger partial charge < -0.3 is 20.7 Å². The average Bonchev–Trinajstić information content (AvgIpc) is 2.89. The maximum Gasteiger partial charge on any atom is 0.200 e. The molecular weight excluding hydrogens is 442 g/mol. The Morgan fingerprint density at radius 3 is 2.43 bits per heavy atom. The van der Waals surface area contributed by atoms with E-state index in [9.17, 15) is 4.79 Å². The first-order valence-electron chi connectivity index (χ1n) is 11.7. The minimum absolute atomic E-state index is 0.0318. The summed E-state index contributed by atoms with van der Waals surface area (Å²) in [6.07, 6.45) is 10.8. The average molecular weight is 480 g/mol. The number of likely N-dealkylation sites (N-methyl/N-ethyl adjacent to an activating group) is 1. The van der Waals surface area contributed by atoms with Crippen LogP contribution in [0, 0.1) is 5.41 Å². The van der Waals surface area contributed by atoms with Crippen LogP contribution in [0.3, 0.4) is 0 Å². The van der Waals surface area contributed by atoms with Crippen LogP contribution < -0.4 is 10.2 Å². The highest BCUT2D eigenvalue weighted by atomic mass is 16.3. The molecule has 0 spiro atoms. The second kappa shape index (κ2) is 16.7. The van der Waals surface area contributed by atoms with Crippen LogP contribution in [0.4, 0.5) is 5.69 Å². The maximum absolute atomic E-state index is 11.0. The summed E-state index contributed by atoms with van der Waals surface area (Å²) in [6, 6.07) is 9.88. The van der Waals surface area contributed by atoms with Gasteiger partial charge in [-0.2, -0.15) is 5.10 Å². The predicted molar refractivity (Wildman–Crippen MR) is 143 cm³/mol. The molecule has 0 radical (unpaired) electrons. The van der Waals surface area contributed by atoms with Crippen molar-refractivity contribution in [3.8, 4) is 11.4 Å². The summed E-state index contributed by atoms with van der Waals surface area (Å²) in [5.74, 6) is 0.431. The number of aromatic nitrogens is 2. The van der Waals surface area contributed by atoms with E-state index in [0.717, 1.165) is 29.3 Å². The van der Waals surface area contributed by atoms with Gasteiger partial charge in [0.25, 0.3) is 0 Å². The highest BCUT2D eigenvalue weighted by Crippen LogP contribution is 2.17. The van der Waals surface area contributed by atoms with Crippen molar-refractivity contribution in [2.45, 2.75) is 34.1 Å². The molecule has 1 aromatic heterocycles. The van der Waals surface area contributed by atoms with Gasteiger partial charge in [-0.1, -0.05) is 44.2 Å². The van der Waals surface area contributed by atoms with Gasteiger partial charge in [0, 0.05) is 62.5 Å². The van der Waals surface area contributed by atoms with Gasteiger partial charge in [-0.15, -0.1) is 0 Å². The van der Waals surface area contributed by atoms with Crippen molar-refractivity contribution < 1.29 is 9.90 Å². The molecule has 1 aliphatic rings. The normalized spacial score (nSPS) is 12.1. The molecule has 0 atom stereocenters. The van der Waals surface area contributed by atoms with Crippen molar-refractivity contribution >= 4 is 23.4 Å². The highest BCUT2D eigenvalue weighted by Gasteiger charge is 2.06. The minimum atomic E-state index is -0.291. The molecule has 0 saturated carbocycles. The molecule has 0 bridgehead atoms. The van der Waals surface area contributed by atoms with E-state index in [1.165, 1.54) is 13.0 Å². The summed E-state index contributed by atoms with van der Waals surface area (Å²) >= 11 is 0. The molecule has 2 heterocycles. The molecule has 0 amide bonds. The third-order valence-corrected chi connectivity index (χ3v) is 4.58. The third-order valence-electron chi connectivity index (χ3n) is 4.58. The molecule has 35 heavy (non-hydrogen) atoms. The topological polar surface area (TPSA) is 118 Å². The zero-order valence-corrected chi connectivity index (χ0v) is 21.3. The van der Waals surface area contributed by atoms with Crippen molar-refractivity contribution in [1.82, 2.24) is 20.3 Å². The van der Waals surface area contributed by atoms with Gasteiger partial charge in [-0.05, 0) is 13.8 Å². The van der Waals surface area contributed by atoms with Gasteiger partial charge in [-0.3, -0.25) is 9.80 Å². The lowest BCUT2D eigenvalue weighted by Crippen LogP contribution is -2.26. The number of nitrogens with zero attached hydrogens (tertiary/aromatic N) is 5. The van der Waals surface area contributed by atoms with Gasteiger partial charge >= 0.3 is 0 Å². The molecule has 1 aromatic carbocycles. The number of aliphatic hydroxyl groups is 1. The van der Waals surface area contributed by atoms with Gasteiger partial charge in [0.15, 0.2) is 11.6 Å². The number of hydrogen-bond donors (Lipinski definition) is 3. The van der Waals surface area contributed by atoms with Crippen molar-refractivity contribution in [3.05, 3.63) is 66.9 Å². The second-order valence-electron chi connectivity index (χ2n) is 7.13. The minimum Gasteiger partial charge on any atom is -0.395 e. The third kappa shape index (κ3) is 10.7. The molecule has 0 unspecified atom stereocenters. The molecule has 0 fully saturated rings. The fraction of sp³-hybridized carbons (Fsp3) is 0.346. The van der Waals surface area contributed by atoms with E-state index in [-0.39, 0.29) is 18.1 Å². The molecule has 0 aliphatic carbocycles. The van der Waals surface area contributed by atoms with Crippen LogP contribution in [-0.4, -0.2) is 64.5 Å². The van der Waals surface area contributed by atoms with E-state index in [4.69, 9.17) is 10.5 Å². The number of rotatable bonds is 9. The lowest BCUT2D eigenvalue weighted by atomic mass is 10.2. The standard InChI is InChI=1S/C14H17N3O.C10H14N4O.C2H6/c1-2-17(8-9-18)13-10-15-14(16-11-13)12-6-4-3-5-7-12;1-8(11)10(15)4-5-12-9-3-6-13-14(2)7-9;1-2/h3-7,10-11,18H,2,8-9H2,1H3;4-7,11-12H,3H2,1-2H3;1-2H3/b;5-4-,11-8?;. The monoisotopic (exact) mass is 479 g/mol. The molecule has 1 aliphatic heterocycles. The van der Waals surface area contributed by atoms with Gasteiger partial charge in [0.05, 0.1) is 30.4 Å². The number of hydrazone groups is 1. The van der Waals surface area contributed by atoms with Crippen LogP contribution in [0.15, 0.2) is 72.0 Å². The molecule has 3 N–H and O–H groups in total. The molecule has 9 nitrogen and oxygen atoms in total. The molecule has 3 rings (SSSR count). The fourth-order valence-electron chi connectivity index (χ4n) is 2.84. The molecular formula is C26H37N7O2. The Hall–Kier alpha value is -3.85. The highest BCUT2D eigenvalue weighted by molar-refractivity contribution is 6.41. The SMILES string of the molecule is CC.CC(=N)C(=O)/C=C\NC1=CN(C)N=CC1.CCN(CCO)c1cnc(-c2ccccc2)nc1. The van der Waals surface area contributed by atoms with Crippen LogP contribution in [0.5, 0.6) is 0 Å². The van der Waals surface area contributed by atoms with E-state index in [2.05, 4.69) is 20.4 Å². The number of carbonyl (C=O) groups excluding carboxylic acids is 1. The van der Waals surface area contributed by atoms with Crippen molar-refractivity contribution in [1.29, 1.82) is 5.41 Å². The Morgan fingerprint density at radius 2 is 1.89 bits per heavy atom. The first-order valence-corrected chi connectivity index (χ1v) is 11.7. The number of aliphatic hydroxyl groups excluding tert-OH is 1. The Balaban J connectivity index is 0.000000332. The Labute approximate surface area is 208 Å². The summed E-state index contributed by atoms with van der Waals surface area (Å²) in [5.41, 5.74) is 2.93. The van der Waals surface area contributed by atoms with E-state index in [0.29, 0.717) is 13.0 Å². The Morgan fingerprint density at radius 1 is 1.23 bits per heavy atom. The predicted octanol–water partition coefficient (Wildman–Crippen LogP) is 3.85. The van der Waals surface area contributed by atoms with Crippen LogP contribution in [0.2, 0.25) is 0 Å². The molecule has 9 heteroatoms. The van der Waals surface area contributed by atoms with Crippen molar-refractivity contribution in [2.24, 2.45) is 5.10 Å². The zero-order valence-electron chi connectivity index (χ0n) is 21.3. The van der Waals surface area contributed by atoms with Gasteiger partial charge in [-0.25, -0.2) is 9.97 Å². The number of anilines is 1. The number of nitrogens with one attached hydrogen (secondary N) is 2. The number of benzene rings is 1. The summed E-state index contributed by atoms with van der Waals surface area (Å²) in [7, 11) is 1.83. The Kier molecular flexibility index (Phi) is 13.9. The quantitative estimate of drug-likeness (QED) is 0.369. The van der Waals surface area contributed by atoms with Crippen molar-refractivity contribution in [2.75, 3.05) is 31.6 Å². The van der Waals surface area contributed by atoms with Crippen LogP contribution in [0.1, 0.15) is 34.1 Å². The van der Waals surface area contributed by atoms with Crippen LogP contribution in [0.25, 0.3) is 11.4 Å². The van der Waals surface area contributed by atoms with Gasteiger partial charge in [0.1, 0.15) is 0 Å². The van der Waals surface area contributed by atoms with Crippen LogP contribution in [-0.2, 0) is 4.79 Å². The summed E-state index contributed by atoms with van der Waals surface area (Å²) in [5, 5.41) is 24.7. The first-order chi connectivity index (χ1) is 16.9. The first kappa shape index (κ1) is 29.2. The van der Waals surface area contributed by atoms with E-state index in [1.807, 2.05) is 69.3 Å². The van der Waals surface area contributed by atoms with Gasteiger partial charge in [0.2, 0.25) is 0 Å². The van der Waals surface area contributed by atoms with Crippen LogP contribution >= 0.6 is 0 Å². The van der Waals surface area contributed by atoms with Crippen molar-refractivity contribution in [3.63, 3.8) is 0 Å². The number of hydrogen-bond acceptors (Lipinski definition) is 9. The summed E-state index contributed by atoms with van der Waals surface area (Å²) in [4.78, 5) is 21.8. The molecule has 188 valence electrons. The summed E-state index contributed by atoms with van der Waals surface area (Å²) < 4.78 is 0. The molecule has 0 saturated heterocycles. The largest absolute Gasteiger partial charge is 0.395 e. The fourth-order valence-corrected chi connectivity index (χ4v) is 2.84. The summed E-state index contributed by atoms with van der Waals surface area (Å²) in [6.45, 7) is 9.07. The zero-order chi connectivity index (χ0) is 26.1. The lowest BCUT2D eigenvalue weighted by Gasteiger charge is -2.21. The second-order valence-corrected chi connectivity index (χ2v) is 7.13. The van der Waals surface area contributed by atoms with E-state index in [1.54, 1.807) is 29.8 Å². The Bertz CT molecular complexity index is 987. The van der Waals surface area contributed by atoms with E-state index < -0.39 is 0 Å². The lowest BCUT2D eigenvalue weighted by molar-refractivity contribution is -0.109. The number of carbonyl (C=O) groups is 1. The maximum atomic E-state index is 11.0. The smallest absolute Gasteiger partial charge is 0.200 e. The number of allylic oxidation sites excluding steroid dienone is 2.